The molecule has 0 saturated heterocycles. The van der Waals surface area contributed by atoms with Crippen LogP contribution in [0, 0.1) is 0 Å². The summed E-state index contributed by atoms with van der Waals surface area (Å²) in [5.74, 6) is -0.538. The van der Waals surface area contributed by atoms with Gasteiger partial charge in [-0.2, -0.15) is 0 Å². The van der Waals surface area contributed by atoms with Crippen LogP contribution in [0.15, 0.2) is 30.3 Å². The smallest absolute Gasteiger partial charge is 0.344 e. The monoisotopic (exact) mass is 382 g/mol. The van der Waals surface area contributed by atoms with Gasteiger partial charge >= 0.3 is 5.97 Å². The lowest BCUT2D eigenvalue weighted by molar-refractivity contribution is -0.144. The molecule has 0 saturated carbocycles. The number of ketones is 2. The van der Waals surface area contributed by atoms with E-state index in [1.807, 2.05) is 0 Å². The van der Waals surface area contributed by atoms with Crippen LogP contribution in [0.2, 0.25) is 4.34 Å². The Balaban J connectivity index is 1.87. The first-order valence-electron chi connectivity index (χ1n) is 7.16. The summed E-state index contributed by atoms with van der Waals surface area (Å²) in [7, 11) is 1.43. The Morgan fingerprint density at radius 1 is 1.08 bits per heavy atom. The Labute approximate surface area is 153 Å². The average molecular weight is 383 g/mol. The molecule has 0 amide bonds. The highest BCUT2D eigenvalue weighted by Crippen LogP contribution is 2.28. The van der Waals surface area contributed by atoms with Gasteiger partial charge in [0.05, 0.1) is 16.3 Å². The molecule has 1 aromatic heterocycles. The summed E-state index contributed by atoms with van der Waals surface area (Å²) < 4.78 is 15.8. The van der Waals surface area contributed by atoms with Gasteiger partial charge in [0.25, 0.3) is 0 Å². The Morgan fingerprint density at radius 2 is 1.84 bits per heavy atom. The van der Waals surface area contributed by atoms with Crippen LogP contribution in [0.3, 0.4) is 0 Å². The zero-order chi connectivity index (χ0) is 18.4. The van der Waals surface area contributed by atoms with Crippen molar-refractivity contribution in [3.8, 4) is 11.5 Å². The summed E-state index contributed by atoms with van der Waals surface area (Å²) in [4.78, 5) is 35.3. The minimum Gasteiger partial charge on any atom is -0.493 e. The van der Waals surface area contributed by atoms with Crippen molar-refractivity contribution in [2.45, 2.75) is 6.92 Å². The predicted molar refractivity (Wildman–Crippen MR) is 93.1 cm³/mol. The van der Waals surface area contributed by atoms with Gasteiger partial charge in [0.15, 0.2) is 30.5 Å². The number of Topliss-reactive ketones (excluding diaryl/α,β-unsaturated/α-hetero) is 2. The van der Waals surface area contributed by atoms with Crippen LogP contribution >= 0.6 is 22.9 Å². The molecule has 25 heavy (non-hydrogen) atoms. The number of hydrogen-bond donors (Lipinski definition) is 0. The van der Waals surface area contributed by atoms with Crippen molar-refractivity contribution in [1.29, 1.82) is 0 Å². The van der Waals surface area contributed by atoms with Crippen molar-refractivity contribution < 1.29 is 28.6 Å². The van der Waals surface area contributed by atoms with E-state index in [4.69, 9.17) is 25.8 Å². The van der Waals surface area contributed by atoms with Gasteiger partial charge in [-0.15, -0.1) is 11.3 Å². The summed E-state index contributed by atoms with van der Waals surface area (Å²) in [5, 5.41) is 0. The Kier molecular flexibility index (Phi) is 6.55. The van der Waals surface area contributed by atoms with Crippen LogP contribution < -0.4 is 9.47 Å². The first-order chi connectivity index (χ1) is 11.9. The fourth-order valence-electron chi connectivity index (χ4n) is 1.87. The van der Waals surface area contributed by atoms with E-state index in [0.29, 0.717) is 26.3 Å². The molecule has 0 spiro atoms. The van der Waals surface area contributed by atoms with E-state index in [-0.39, 0.29) is 18.2 Å². The molecule has 1 heterocycles. The summed E-state index contributed by atoms with van der Waals surface area (Å²) in [6.45, 7) is 0.651. The Bertz CT molecular complexity index is 798. The van der Waals surface area contributed by atoms with Crippen molar-refractivity contribution in [3.63, 3.8) is 0 Å². The van der Waals surface area contributed by atoms with Gasteiger partial charge in [-0.3, -0.25) is 9.59 Å². The average Bonchev–Trinajstić information content (AvgIpc) is 3.04. The van der Waals surface area contributed by atoms with E-state index >= 15 is 0 Å². The first-order valence-corrected chi connectivity index (χ1v) is 8.36. The molecule has 0 bridgehead atoms. The number of thiophene rings is 1. The molecule has 0 atom stereocenters. The van der Waals surface area contributed by atoms with Crippen LogP contribution in [0.1, 0.15) is 27.0 Å². The lowest BCUT2D eigenvalue weighted by Gasteiger charge is -2.11. The van der Waals surface area contributed by atoms with Crippen molar-refractivity contribution >= 4 is 40.5 Å². The minimum atomic E-state index is -0.700. The molecule has 0 unspecified atom stereocenters. The zero-order valence-electron chi connectivity index (χ0n) is 13.5. The van der Waals surface area contributed by atoms with Crippen molar-refractivity contribution in [2.24, 2.45) is 0 Å². The Morgan fingerprint density at radius 3 is 2.44 bits per heavy atom. The van der Waals surface area contributed by atoms with E-state index in [9.17, 15) is 14.4 Å². The molecule has 0 N–H and O–H groups in total. The fraction of sp³-hybridized carbons (Fsp3) is 0.235. The van der Waals surface area contributed by atoms with Crippen molar-refractivity contribution in [3.05, 3.63) is 45.1 Å². The highest BCUT2D eigenvalue weighted by Gasteiger charge is 2.14. The first kappa shape index (κ1) is 19.0. The summed E-state index contributed by atoms with van der Waals surface area (Å²) in [6.07, 6.45) is 0. The second-order valence-corrected chi connectivity index (χ2v) is 6.61. The highest BCUT2D eigenvalue weighted by molar-refractivity contribution is 7.18. The minimum absolute atomic E-state index is 0.114. The van der Waals surface area contributed by atoms with Gasteiger partial charge in [-0.1, -0.05) is 11.6 Å². The van der Waals surface area contributed by atoms with Crippen molar-refractivity contribution in [1.82, 2.24) is 0 Å². The number of ether oxygens (including phenoxy) is 3. The molecule has 2 aromatic rings. The summed E-state index contributed by atoms with van der Waals surface area (Å²) >= 11 is 6.87. The van der Waals surface area contributed by atoms with Gasteiger partial charge in [0, 0.05) is 5.56 Å². The number of carbonyl (C=O) groups excluding carboxylic acids is 3. The van der Waals surface area contributed by atoms with Gasteiger partial charge in [-0.25, -0.2) is 4.79 Å². The second kappa shape index (κ2) is 8.64. The number of rotatable bonds is 8. The topological polar surface area (TPSA) is 78.9 Å². The molecule has 132 valence electrons. The lowest BCUT2D eigenvalue weighted by Crippen LogP contribution is -2.19. The van der Waals surface area contributed by atoms with Gasteiger partial charge in [0.1, 0.15) is 0 Å². The van der Waals surface area contributed by atoms with E-state index in [2.05, 4.69) is 0 Å². The number of methoxy groups -OCH3 is 1. The number of hydrogen-bond acceptors (Lipinski definition) is 7. The lowest BCUT2D eigenvalue weighted by atomic mass is 10.1. The normalized spacial score (nSPS) is 10.2. The van der Waals surface area contributed by atoms with Crippen molar-refractivity contribution in [2.75, 3.05) is 20.3 Å². The predicted octanol–water partition coefficient (Wildman–Crippen LogP) is 3.42. The molecule has 1 aromatic carbocycles. The molecule has 0 aliphatic heterocycles. The maximum atomic E-state index is 11.8. The third-order valence-electron chi connectivity index (χ3n) is 3.13. The van der Waals surface area contributed by atoms with E-state index < -0.39 is 12.6 Å². The standard InChI is InChI=1S/C17H15ClO6S/c1-10(19)11-3-4-13(14(7-11)22-2)23-9-17(21)24-8-12(20)15-5-6-16(18)25-15/h3-7H,8-9H2,1-2H3. The molecular formula is C17H15ClO6S. The largest absolute Gasteiger partial charge is 0.493 e. The van der Waals surface area contributed by atoms with Crippen LogP contribution in [0.5, 0.6) is 11.5 Å². The number of carbonyl (C=O) groups is 3. The highest BCUT2D eigenvalue weighted by atomic mass is 35.5. The number of esters is 1. The third kappa shape index (κ3) is 5.30. The molecule has 8 heteroatoms. The SMILES string of the molecule is COc1cc(C(C)=O)ccc1OCC(=O)OCC(=O)c1ccc(Cl)s1. The van der Waals surface area contributed by atoms with E-state index in [1.54, 1.807) is 18.2 Å². The number of benzene rings is 1. The van der Waals surface area contributed by atoms with Crippen LogP contribution in [0.25, 0.3) is 0 Å². The zero-order valence-corrected chi connectivity index (χ0v) is 15.1. The summed E-state index contributed by atoms with van der Waals surface area (Å²) in [6, 6.07) is 7.78. The van der Waals surface area contributed by atoms with Crippen LogP contribution in [-0.4, -0.2) is 37.9 Å². The maximum absolute atomic E-state index is 11.8. The van der Waals surface area contributed by atoms with E-state index in [1.165, 1.54) is 26.2 Å². The molecule has 0 radical (unpaired) electrons. The molecular weight excluding hydrogens is 368 g/mol. The molecule has 2 rings (SSSR count). The Hall–Kier alpha value is -2.38. The molecule has 6 nitrogen and oxygen atoms in total. The van der Waals surface area contributed by atoms with Crippen LogP contribution in [0.4, 0.5) is 0 Å². The number of halogens is 1. The maximum Gasteiger partial charge on any atom is 0.344 e. The van der Waals surface area contributed by atoms with Crippen LogP contribution in [-0.2, 0) is 9.53 Å². The van der Waals surface area contributed by atoms with Gasteiger partial charge < -0.3 is 14.2 Å². The second-order valence-electron chi connectivity index (χ2n) is 4.90. The quantitative estimate of drug-likeness (QED) is 0.514. The molecule has 0 aliphatic rings. The molecule has 0 aliphatic carbocycles. The van der Waals surface area contributed by atoms with Gasteiger partial charge in [-0.05, 0) is 37.3 Å². The van der Waals surface area contributed by atoms with E-state index in [0.717, 1.165) is 11.3 Å². The fourth-order valence-corrected chi connectivity index (χ4v) is 2.83. The summed E-state index contributed by atoms with van der Waals surface area (Å²) in [5.41, 5.74) is 0.465. The third-order valence-corrected chi connectivity index (χ3v) is 4.40. The van der Waals surface area contributed by atoms with Gasteiger partial charge in [0.2, 0.25) is 5.78 Å². The molecule has 0 fully saturated rings.